The fourth-order valence-corrected chi connectivity index (χ4v) is 5.38. The monoisotopic (exact) mass is 535 g/mol. The summed E-state index contributed by atoms with van der Waals surface area (Å²) in [5.41, 5.74) is 1.67. The van der Waals surface area contributed by atoms with E-state index in [-0.39, 0.29) is 23.2 Å². The van der Waals surface area contributed by atoms with Gasteiger partial charge in [0.05, 0.1) is 28.6 Å². The minimum absolute atomic E-state index is 0.00702. The van der Waals surface area contributed by atoms with Gasteiger partial charge in [0.25, 0.3) is 0 Å². The summed E-state index contributed by atoms with van der Waals surface area (Å²) in [6.07, 6.45) is 6.20. The molecule has 2 heterocycles. The molecule has 0 unspecified atom stereocenters. The number of carbonyl (C=O) groups excluding carboxylic acids is 1. The number of ether oxygens (including phenoxy) is 2. The minimum atomic E-state index is -3.69. The largest absolute Gasteiger partial charge is 0.465 e. The van der Waals surface area contributed by atoms with E-state index in [0.717, 1.165) is 38.2 Å². The molecule has 1 aliphatic carbocycles. The van der Waals surface area contributed by atoms with Crippen LogP contribution in [0.15, 0.2) is 30.5 Å². The predicted octanol–water partition coefficient (Wildman–Crippen LogP) is 5.98. The molecule has 0 aliphatic heterocycles. The van der Waals surface area contributed by atoms with Crippen molar-refractivity contribution in [2.45, 2.75) is 63.7 Å². The van der Waals surface area contributed by atoms with Crippen LogP contribution in [0.4, 0.5) is 14.6 Å². The summed E-state index contributed by atoms with van der Waals surface area (Å²) in [5.74, 6) is -1.58. The Balaban J connectivity index is 1.94. The average molecular weight is 536 g/mol. The number of carbonyl (C=O) groups is 1. The van der Waals surface area contributed by atoms with E-state index in [1.807, 2.05) is 4.57 Å². The van der Waals surface area contributed by atoms with Crippen molar-refractivity contribution in [2.75, 3.05) is 18.7 Å². The molecular formula is C26H31F2N3O5S. The summed E-state index contributed by atoms with van der Waals surface area (Å²) in [5, 5.41) is 0.314. The van der Waals surface area contributed by atoms with Crippen molar-refractivity contribution >= 4 is 32.7 Å². The van der Waals surface area contributed by atoms with E-state index >= 15 is 0 Å². The maximum absolute atomic E-state index is 14.8. The molecule has 1 aromatic carbocycles. The second kappa shape index (κ2) is 10.3. The maximum atomic E-state index is 14.8. The van der Waals surface area contributed by atoms with Gasteiger partial charge in [0, 0.05) is 29.3 Å². The third kappa shape index (κ3) is 5.14. The summed E-state index contributed by atoms with van der Waals surface area (Å²) in [4.78, 5) is 17.3. The number of sulfonamides is 1. The van der Waals surface area contributed by atoms with Gasteiger partial charge in [-0.3, -0.25) is 4.72 Å². The molecule has 200 valence electrons. The van der Waals surface area contributed by atoms with E-state index in [4.69, 9.17) is 9.47 Å². The summed E-state index contributed by atoms with van der Waals surface area (Å²) in [7, 11) is -2.45. The zero-order chi connectivity index (χ0) is 27.0. The molecule has 1 N–H and O–H groups in total. The van der Waals surface area contributed by atoms with Crippen molar-refractivity contribution in [3.8, 4) is 17.0 Å². The Bertz CT molecular complexity index is 1410. The lowest BCUT2D eigenvalue weighted by molar-refractivity contribution is 0.0603. The topological polar surface area (TPSA) is 99.5 Å². The summed E-state index contributed by atoms with van der Waals surface area (Å²) < 4.78 is 66.2. The van der Waals surface area contributed by atoms with Crippen LogP contribution < -0.4 is 9.46 Å². The first-order valence-electron chi connectivity index (χ1n) is 12.1. The second-order valence-electron chi connectivity index (χ2n) is 10.1. The van der Waals surface area contributed by atoms with Crippen molar-refractivity contribution in [3.05, 3.63) is 41.8 Å². The van der Waals surface area contributed by atoms with E-state index in [1.165, 1.54) is 25.4 Å². The van der Waals surface area contributed by atoms with Gasteiger partial charge in [-0.15, -0.1) is 0 Å². The third-order valence-electron chi connectivity index (χ3n) is 6.68. The molecule has 0 amide bonds. The Morgan fingerprint density at radius 2 is 1.89 bits per heavy atom. The lowest BCUT2D eigenvalue weighted by Crippen LogP contribution is -2.33. The Kier molecular flexibility index (Phi) is 7.45. The van der Waals surface area contributed by atoms with Gasteiger partial charge < -0.3 is 14.0 Å². The molecule has 1 fully saturated rings. The average Bonchev–Trinajstić information content (AvgIpc) is 3.18. The Morgan fingerprint density at radius 1 is 1.19 bits per heavy atom. The number of alkyl halides is 1. The lowest BCUT2D eigenvalue weighted by Gasteiger charge is -2.27. The van der Waals surface area contributed by atoms with Crippen LogP contribution in [0.5, 0.6) is 5.75 Å². The molecule has 8 nitrogen and oxygen atoms in total. The molecule has 0 atom stereocenters. The molecule has 37 heavy (non-hydrogen) atoms. The molecule has 0 bridgehead atoms. The number of methoxy groups -OCH3 is 1. The lowest BCUT2D eigenvalue weighted by atomic mass is 9.94. The van der Waals surface area contributed by atoms with E-state index in [0.29, 0.717) is 22.2 Å². The number of nitrogens with zero attached hydrogens (tertiary/aromatic N) is 2. The number of esters is 1. The van der Waals surface area contributed by atoms with Gasteiger partial charge in [0.2, 0.25) is 16.9 Å². The van der Waals surface area contributed by atoms with Crippen molar-refractivity contribution in [3.63, 3.8) is 0 Å². The Hall–Kier alpha value is -3.21. The van der Waals surface area contributed by atoms with Gasteiger partial charge in [0.1, 0.15) is 5.82 Å². The maximum Gasteiger partial charge on any atom is 0.340 e. The molecule has 0 radical (unpaired) electrons. The van der Waals surface area contributed by atoms with Crippen molar-refractivity contribution in [2.24, 2.45) is 0 Å². The van der Waals surface area contributed by atoms with E-state index in [9.17, 15) is 22.0 Å². The first-order chi connectivity index (χ1) is 17.5. The molecule has 4 rings (SSSR count). The summed E-state index contributed by atoms with van der Waals surface area (Å²) >= 11 is 0. The number of hydrogen-bond acceptors (Lipinski definition) is 6. The molecule has 3 aromatic rings. The minimum Gasteiger partial charge on any atom is -0.465 e. The number of nitrogens with one attached hydrogen (secondary N) is 1. The van der Waals surface area contributed by atoms with Gasteiger partial charge in [-0.05, 0) is 51.8 Å². The number of aromatic nitrogens is 2. The molecule has 0 spiro atoms. The van der Waals surface area contributed by atoms with Crippen LogP contribution in [0, 0.1) is 5.82 Å². The number of hydrogen-bond donors (Lipinski definition) is 1. The number of benzene rings is 1. The van der Waals surface area contributed by atoms with E-state index in [2.05, 4.69) is 9.71 Å². The van der Waals surface area contributed by atoms with Crippen LogP contribution in [0.1, 0.15) is 69.3 Å². The number of halogens is 2. The summed E-state index contributed by atoms with van der Waals surface area (Å²) in [6.45, 7) is 3.54. The number of anilines is 1. The SMILES string of the molecule is COC(=O)c1c(-c2ccc(NS(=O)(=O)C(C)(C)C)nc2)n(C2CCCCC2)c2cc(OCF)c(F)cc12. The first-order valence-corrected chi connectivity index (χ1v) is 13.6. The quantitative estimate of drug-likeness (QED) is 0.374. The fraction of sp³-hybridized carbons (Fsp3) is 0.462. The highest BCUT2D eigenvalue weighted by Gasteiger charge is 2.31. The second-order valence-corrected chi connectivity index (χ2v) is 12.5. The van der Waals surface area contributed by atoms with E-state index < -0.39 is 33.4 Å². The summed E-state index contributed by atoms with van der Waals surface area (Å²) in [6, 6.07) is 5.74. The van der Waals surface area contributed by atoms with Gasteiger partial charge in [-0.25, -0.2) is 27.0 Å². The molecule has 1 saturated carbocycles. The van der Waals surface area contributed by atoms with Crippen molar-refractivity contribution < 1.29 is 31.5 Å². The molecule has 1 aliphatic rings. The highest BCUT2D eigenvalue weighted by atomic mass is 32.2. The highest BCUT2D eigenvalue weighted by molar-refractivity contribution is 7.94. The number of rotatable bonds is 7. The van der Waals surface area contributed by atoms with Gasteiger partial charge in [-0.1, -0.05) is 19.3 Å². The predicted molar refractivity (Wildman–Crippen MR) is 137 cm³/mol. The normalized spacial score (nSPS) is 15.1. The fourth-order valence-electron chi connectivity index (χ4n) is 4.68. The Morgan fingerprint density at radius 3 is 2.46 bits per heavy atom. The smallest absolute Gasteiger partial charge is 0.340 e. The number of pyridine rings is 1. The van der Waals surface area contributed by atoms with Crippen LogP contribution >= 0.6 is 0 Å². The zero-order valence-corrected chi connectivity index (χ0v) is 22.1. The van der Waals surface area contributed by atoms with Crippen LogP contribution in [0.3, 0.4) is 0 Å². The van der Waals surface area contributed by atoms with Crippen LogP contribution in [0.25, 0.3) is 22.2 Å². The van der Waals surface area contributed by atoms with Crippen LogP contribution in [-0.4, -0.2) is 42.7 Å². The standard InChI is InChI=1S/C26H31F2N3O5S/c1-26(2,3)37(33,34)30-22-11-10-16(14-29-22)24-23(25(32)35-4)18-12-19(28)21(36-15-27)13-20(18)31(24)17-8-6-5-7-9-17/h10-14,17H,5-9,15H2,1-4H3,(H,29,30). The third-order valence-corrected chi connectivity index (χ3v) is 8.77. The molecule has 2 aromatic heterocycles. The first kappa shape index (κ1) is 26.8. The van der Waals surface area contributed by atoms with Crippen LogP contribution in [0.2, 0.25) is 0 Å². The Labute approximate surface area is 215 Å². The molecular weight excluding hydrogens is 504 g/mol. The van der Waals surface area contributed by atoms with Crippen LogP contribution in [-0.2, 0) is 14.8 Å². The number of fused-ring (bicyclic) bond motifs is 1. The van der Waals surface area contributed by atoms with Crippen molar-refractivity contribution in [1.29, 1.82) is 0 Å². The van der Waals surface area contributed by atoms with E-state index in [1.54, 1.807) is 26.8 Å². The van der Waals surface area contributed by atoms with Gasteiger partial charge in [0.15, 0.2) is 11.6 Å². The van der Waals surface area contributed by atoms with Gasteiger partial charge in [-0.2, -0.15) is 0 Å². The highest BCUT2D eigenvalue weighted by Crippen LogP contribution is 2.42. The van der Waals surface area contributed by atoms with Gasteiger partial charge >= 0.3 is 5.97 Å². The molecule has 0 saturated heterocycles. The zero-order valence-electron chi connectivity index (χ0n) is 21.3. The van der Waals surface area contributed by atoms with Crippen molar-refractivity contribution in [1.82, 2.24) is 9.55 Å². The molecule has 11 heteroatoms.